The van der Waals surface area contributed by atoms with Gasteiger partial charge in [-0.3, -0.25) is 19.7 Å². The second-order valence-electron chi connectivity index (χ2n) is 16.2. The number of carbonyl (C=O) groups is 3. The minimum atomic E-state index is -0.886. The average Bonchev–Trinajstić information content (AvgIpc) is 3.28. The molecule has 6 aromatic rings. The van der Waals surface area contributed by atoms with Crippen molar-refractivity contribution in [2.75, 3.05) is 48.8 Å². The second kappa shape index (κ2) is 20.4. The Balaban J connectivity index is 0.861. The zero-order valence-electron chi connectivity index (χ0n) is 35.8. The normalized spacial score (nSPS) is 14.2. The molecule has 0 aliphatic carbocycles. The molecule has 0 radical (unpaired) electrons. The summed E-state index contributed by atoms with van der Waals surface area (Å²) in [6.07, 6.45) is 0.668. The topological polar surface area (TPSA) is 176 Å². The Morgan fingerprint density at radius 2 is 1.65 bits per heavy atom. The number of nitrogens with zero attached hydrogens (tertiary/aromatic N) is 2. The highest BCUT2D eigenvalue weighted by atomic mass is 16.6. The van der Waals surface area contributed by atoms with Crippen molar-refractivity contribution in [3.63, 3.8) is 0 Å². The van der Waals surface area contributed by atoms with Crippen LogP contribution in [0.15, 0.2) is 126 Å². The van der Waals surface area contributed by atoms with Crippen molar-refractivity contribution in [1.29, 1.82) is 0 Å². The van der Waals surface area contributed by atoms with Gasteiger partial charge in [-0.05, 0) is 97.8 Å². The summed E-state index contributed by atoms with van der Waals surface area (Å²) < 4.78 is 5.79. The summed E-state index contributed by atoms with van der Waals surface area (Å²) >= 11 is 0. The van der Waals surface area contributed by atoms with E-state index < -0.39 is 12.2 Å². The number of fused-ring (bicyclic) bond motifs is 1. The van der Waals surface area contributed by atoms with E-state index in [0.717, 1.165) is 22.3 Å². The molecule has 0 bridgehead atoms. The van der Waals surface area contributed by atoms with Crippen molar-refractivity contribution in [2.45, 2.75) is 57.8 Å². The summed E-state index contributed by atoms with van der Waals surface area (Å²) in [5, 5.41) is 31.0. The van der Waals surface area contributed by atoms with Crippen molar-refractivity contribution in [3.05, 3.63) is 154 Å². The number of H-pyrrole nitrogens is 1. The fourth-order valence-electron chi connectivity index (χ4n) is 8.05. The molecule has 13 nitrogen and oxygen atoms in total. The number of aromatic amines is 1. The van der Waals surface area contributed by atoms with Crippen molar-refractivity contribution >= 4 is 45.9 Å². The number of anilines is 3. The Kier molecular flexibility index (Phi) is 14.3. The molecule has 326 valence electrons. The van der Waals surface area contributed by atoms with Gasteiger partial charge in [0.1, 0.15) is 11.9 Å². The maximum absolute atomic E-state index is 13.5. The molecule has 2 atom stereocenters. The van der Waals surface area contributed by atoms with E-state index in [9.17, 15) is 29.4 Å². The van der Waals surface area contributed by atoms with E-state index in [4.69, 9.17) is 4.74 Å². The number of phenols is 1. The number of aryl methyl sites for hydroxylation is 1. The number of amides is 3. The zero-order valence-corrected chi connectivity index (χ0v) is 35.8. The third-order valence-electron chi connectivity index (χ3n) is 11.6. The molecule has 1 saturated heterocycles. The van der Waals surface area contributed by atoms with Gasteiger partial charge in [0.2, 0.25) is 11.5 Å². The number of aromatic nitrogens is 1. The third kappa shape index (κ3) is 11.4. The number of pyridine rings is 1. The van der Waals surface area contributed by atoms with Gasteiger partial charge in [0, 0.05) is 79.6 Å². The first-order valence-electron chi connectivity index (χ1n) is 21.3. The molecular weight excluding hydrogens is 797 g/mol. The number of benzene rings is 5. The van der Waals surface area contributed by atoms with Crippen LogP contribution in [0.1, 0.15) is 59.3 Å². The molecule has 6 N–H and O–H groups in total. The molecule has 1 aromatic heterocycles. The predicted molar refractivity (Wildman–Crippen MR) is 247 cm³/mol. The van der Waals surface area contributed by atoms with E-state index in [1.165, 1.54) is 12.1 Å². The van der Waals surface area contributed by atoms with Gasteiger partial charge in [0.15, 0.2) is 0 Å². The molecule has 7 rings (SSSR count). The number of likely N-dealkylation sites (tertiary alicyclic amines) is 1. The van der Waals surface area contributed by atoms with E-state index in [1.807, 2.05) is 98.8 Å². The number of hydrogen-bond donors (Lipinski definition) is 6. The van der Waals surface area contributed by atoms with Crippen molar-refractivity contribution in [3.8, 4) is 16.9 Å². The van der Waals surface area contributed by atoms with Gasteiger partial charge in [-0.1, -0.05) is 72.8 Å². The molecule has 2 heterocycles. The minimum Gasteiger partial charge on any atom is -0.506 e. The largest absolute Gasteiger partial charge is 0.506 e. The first kappa shape index (κ1) is 44.3. The summed E-state index contributed by atoms with van der Waals surface area (Å²) in [7, 11) is 1.73. The number of ether oxygens (including phenoxy) is 1. The van der Waals surface area contributed by atoms with E-state index in [0.29, 0.717) is 78.9 Å². The number of hydrogen-bond acceptors (Lipinski definition) is 9. The molecule has 0 spiro atoms. The lowest BCUT2D eigenvalue weighted by molar-refractivity contribution is -0.118. The van der Waals surface area contributed by atoms with Crippen molar-refractivity contribution in [1.82, 2.24) is 15.2 Å². The molecular formula is C50H54N6O7. The Bertz CT molecular complexity index is 2620. The molecule has 0 saturated carbocycles. The lowest BCUT2D eigenvalue weighted by atomic mass is 10.0. The minimum absolute atomic E-state index is 0.0320. The van der Waals surface area contributed by atoms with Crippen LogP contribution >= 0.6 is 0 Å². The van der Waals surface area contributed by atoms with Gasteiger partial charge in [-0.25, -0.2) is 4.79 Å². The summed E-state index contributed by atoms with van der Waals surface area (Å²) in [5.41, 5.74) is 6.70. The Morgan fingerprint density at radius 1 is 0.889 bits per heavy atom. The highest BCUT2D eigenvalue weighted by molar-refractivity contribution is 6.06. The molecule has 63 heavy (non-hydrogen) atoms. The van der Waals surface area contributed by atoms with Gasteiger partial charge in [-0.15, -0.1) is 0 Å². The standard InChI is InChI=1S/C50H54N6O7/c1-32-16-17-36(49(61)52-37-13-9-10-34(29-37)28-33(2)51-31-45(58)40-18-20-44(57)48-41(40)19-21-46(59)54-48)30-43(32)55(3)47(60)24-27-56-25-22-38(23-26-56)63-50(62)53-42-15-8-7-14-39(42)35-11-5-4-6-12-35/h4-21,29-30,33,38,45,51,57-58H,22-28,31H2,1-3H3,(H,52,61)(H,53,62)(H,54,59)/t33?,45-/m0/s1. The highest BCUT2D eigenvalue weighted by Crippen LogP contribution is 2.30. The van der Waals surface area contributed by atoms with Crippen LogP contribution in [0.25, 0.3) is 22.0 Å². The van der Waals surface area contributed by atoms with Crippen LogP contribution in [0.4, 0.5) is 21.9 Å². The first-order chi connectivity index (χ1) is 30.4. The van der Waals surface area contributed by atoms with Gasteiger partial charge in [-0.2, -0.15) is 0 Å². The number of aromatic hydroxyl groups is 1. The van der Waals surface area contributed by atoms with E-state index in [2.05, 4.69) is 25.8 Å². The van der Waals surface area contributed by atoms with Gasteiger partial charge in [0.25, 0.3) is 5.91 Å². The van der Waals surface area contributed by atoms with Crippen LogP contribution in [0.5, 0.6) is 5.75 Å². The Morgan fingerprint density at radius 3 is 2.44 bits per heavy atom. The molecule has 1 aliphatic rings. The molecule has 1 fully saturated rings. The van der Waals surface area contributed by atoms with Crippen LogP contribution in [-0.2, 0) is 16.0 Å². The molecule has 1 aliphatic heterocycles. The lowest BCUT2D eigenvalue weighted by Gasteiger charge is -2.32. The highest BCUT2D eigenvalue weighted by Gasteiger charge is 2.24. The summed E-state index contributed by atoms with van der Waals surface area (Å²) in [4.78, 5) is 58.1. The first-order valence-corrected chi connectivity index (χ1v) is 21.3. The maximum Gasteiger partial charge on any atom is 0.411 e. The van der Waals surface area contributed by atoms with Gasteiger partial charge in [0.05, 0.1) is 17.3 Å². The zero-order chi connectivity index (χ0) is 44.5. The van der Waals surface area contributed by atoms with E-state index >= 15 is 0 Å². The number of carbonyl (C=O) groups excluding carboxylic acids is 3. The number of nitrogens with one attached hydrogen (secondary N) is 4. The van der Waals surface area contributed by atoms with Crippen molar-refractivity contribution in [2.24, 2.45) is 0 Å². The van der Waals surface area contributed by atoms with Crippen LogP contribution in [0.3, 0.4) is 0 Å². The number of piperidine rings is 1. The average molecular weight is 851 g/mol. The van der Waals surface area contributed by atoms with Crippen molar-refractivity contribution < 1.29 is 29.3 Å². The monoisotopic (exact) mass is 850 g/mol. The summed E-state index contributed by atoms with van der Waals surface area (Å²) in [6.45, 7) is 6.13. The third-order valence-corrected chi connectivity index (χ3v) is 11.6. The molecule has 5 aromatic carbocycles. The summed E-state index contributed by atoms with van der Waals surface area (Å²) in [6, 6.07) is 36.5. The Hall–Kier alpha value is -6.80. The number of aliphatic hydroxyl groups is 1. The number of aliphatic hydroxyl groups excluding tert-OH is 1. The van der Waals surface area contributed by atoms with Crippen LogP contribution < -0.4 is 26.4 Å². The molecule has 3 amide bonds. The quantitative estimate of drug-likeness (QED) is 0.0603. The number of para-hydroxylation sites is 1. The molecule has 13 heteroatoms. The fraction of sp³-hybridized carbons (Fsp3) is 0.280. The fourth-order valence-corrected chi connectivity index (χ4v) is 8.05. The Labute approximate surface area is 366 Å². The van der Waals surface area contributed by atoms with E-state index in [-0.39, 0.29) is 47.3 Å². The number of rotatable bonds is 15. The van der Waals surface area contributed by atoms with Crippen LogP contribution in [-0.4, -0.2) is 83.4 Å². The second-order valence-corrected chi connectivity index (χ2v) is 16.2. The lowest BCUT2D eigenvalue weighted by Crippen LogP contribution is -2.40. The number of phenolic OH excluding ortho intramolecular Hbond substituents is 1. The SMILES string of the molecule is Cc1ccc(C(=O)Nc2cccc(CC(C)NC[C@H](O)c3ccc(O)c4[nH]c(=O)ccc34)c2)cc1N(C)C(=O)CCN1CCC(OC(=O)Nc2ccccc2-c2ccccc2)CC1. The molecule has 1 unspecified atom stereocenters. The predicted octanol–water partition coefficient (Wildman–Crippen LogP) is 7.78. The summed E-state index contributed by atoms with van der Waals surface area (Å²) in [5.74, 6) is -0.433. The maximum atomic E-state index is 13.5. The smallest absolute Gasteiger partial charge is 0.411 e. The van der Waals surface area contributed by atoms with Crippen LogP contribution in [0.2, 0.25) is 0 Å². The van der Waals surface area contributed by atoms with Crippen LogP contribution in [0, 0.1) is 6.92 Å². The van der Waals surface area contributed by atoms with E-state index in [1.54, 1.807) is 36.2 Å². The van der Waals surface area contributed by atoms with Gasteiger partial charge >= 0.3 is 6.09 Å². The van der Waals surface area contributed by atoms with Gasteiger partial charge < -0.3 is 40.4 Å².